The molecule has 2 N–H and O–H groups in total. The van der Waals surface area contributed by atoms with E-state index >= 15 is 0 Å². The fourth-order valence-electron chi connectivity index (χ4n) is 2.60. The van der Waals surface area contributed by atoms with Crippen LogP contribution >= 0.6 is 0 Å². The maximum atomic E-state index is 9.88. The van der Waals surface area contributed by atoms with Gasteiger partial charge in [0.2, 0.25) is 0 Å². The van der Waals surface area contributed by atoms with Gasteiger partial charge in [0.25, 0.3) is 0 Å². The van der Waals surface area contributed by atoms with E-state index in [1.165, 1.54) is 25.7 Å². The summed E-state index contributed by atoms with van der Waals surface area (Å²) < 4.78 is 5.50. The number of nitrogens with one attached hydrogen (secondary N) is 1. The Morgan fingerprint density at radius 3 is 2.85 bits per heavy atom. The molecule has 0 saturated heterocycles. The predicted octanol–water partition coefficient (Wildman–Crippen LogP) is 2.08. The van der Waals surface area contributed by atoms with E-state index in [0.717, 1.165) is 12.5 Å². The van der Waals surface area contributed by atoms with Gasteiger partial charge in [0, 0.05) is 6.54 Å². The highest BCUT2D eigenvalue weighted by molar-refractivity contribution is 5.42. The summed E-state index contributed by atoms with van der Waals surface area (Å²) in [5.74, 6) is 1.30. The molecule has 1 aliphatic carbocycles. The second-order valence-electron chi connectivity index (χ2n) is 5.38. The number of rotatable bonds is 7. The molecular formula is C16H22N2O2. The molecule has 4 nitrogen and oxygen atoms in total. The summed E-state index contributed by atoms with van der Waals surface area (Å²) in [6, 6.07) is 9.15. The van der Waals surface area contributed by atoms with Gasteiger partial charge >= 0.3 is 0 Å². The van der Waals surface area contributed by atoms with Gasteiger partial charge in [0.05, 0.1) is 5.56 Å². The molecule has 0 aromatic heterocycles. The zero-order chi connectivity index (χ0) is 14.2. The standard InChI is InChI=1S/C16H22N2O2/c17-9-14-7-3-4-8-16(14)20-12-15(19)11-18-10-13-5-1-2-6-13/h3-4,7-8,13,15,18-19H,1-2,5-6,10-12H2. The fourth-order valence-corrected chi connectivity index (χ4v) is 2.60. The Kier molecular flexibility index (Phi) is 5.85. The lowest BCUT2D eigenvalue weighted by Gasteiger charge is -2.15. The van der Waals surface area contributed by atoms with Crippen LogP contribution in [0.2, 0.25) is 0 Å². The Labute approximate surface area is 120 Å². The third-order valence-corrected chi connectivity index (χ3v) is 3.73. The third-order valence-electron chi connectivity index (χ3n) is 3.73. The van der Waals surface area contributed by atoms with Gasteiger partial charge in [-0.25, -0.2) is 0 Å². The van der Waals surface area contributed by atoms with Gasteiger partial charge in [-0.05, 0) is 37.4 Å². The van der Waals surface area contributed by atoms with Gasteiger partial charge in [-0.3, -0.25) is 0 Å². The van der Waals surface area contributed by atoms with Crippen LogP contribution in [0.25, 0.3) is 0 Å². The normalized spacial score (nSPS) is 16.8. The zero-order valence-electron chi connectivity index (χ0n) is 11.7. The van der Waals surface area contributed by atoms with Crippen molar-refractivity contribution >= 4 is 0 Å². The molecule has 0 radical (unpaired) electrons. The van der Waals surface area contributed by atoms with Gasteiger partial charge in [0.15, 0.2) is 0 Å². The summed E-state index contributed by atoms with van der Waals surface area (Å²) in [5, 5.41) is 22.1. The molecule has 108 valence electrons. The molecule has 1 saturated carbocycles. The molecule has 1 aliphatic rings. The van der Waals surface area contributed by atoms with E-state index in [0.29, 0.717) is 17.9 Å². The van der Waals surface area contributed by atoms with Gasteiger partial charge in [-0.15, -0.1) is 0 Å². The van der Waals surface area contributed by atoms with Crippen LogP contribution in [0.15, 0.2) is 24.3 Å². The average molecular weight is 274 g/mol. The van der Waals surface area contributed by atoms with Crippen LogP contribution < -0.4 is 10.1 Å². The topological polar surface area (TPSA) is 65.3 Å². The molecule has 0 aliphatic heterocycles. The van der Waals surface area contributed by atoms with Gasteiger partial charge in [-0.2, -0.15) is 5.26 Å². The first-order valence-electron chi connectivity index (χ1n) is 7.30. The van der Waals surface area contributed by atoms with Crippen LogP contribution in [0.1, 0.15) is 31.2 Å². The van der Waals surface area contributed by atoms with Crippen molar-refractivity contribution in [3.63, 3.8) is 0 Å². The first-order chi connectivity index (χ1) is 9.79. The molecule has 20 heavy (non-hydrogen) atoms. The van der Waals surface area contributed by atoms with Gasteiger partial charge in [0.1, 0.15) is 24.5 Å². The third kappa shape index (κ3) is 4.52. The molecule has 0 spiro atoms. The minimum absolute atomic E-state index is 0.205. The smallest absolute Gasteiger partial charge is 0.137 e. The number of nitriles is 1. The highest BCUT2D eigenvalue weighted by Crippen LogP contribution is 2.23. The number of para-hydroxylation sites is 1. The molecule has 1 aromatic rings. The van der Waals surface area contributed by atoms with Crippen LogP contribution in [0, 0.1) is 17.2 Å². The molecule has 4 heteroatoms. The van der Waals surface area contributed by atoms with Crippen LogP contribution in [-0.4, -0.2) is 30.9 Å². The number of ether oxygens (including phenoxy) is 1. The van der Waals surface area contributed by atoms with E-state index in [2.05, 4.69) is 11.4 Å². The van der Waals surface area contributed by atoms with Crippen molar-refractivity contribution in [1.29, 1.82) is 5.26 Å². The van der Waals surface area contributed by atoms with Gasteiger partial charge in [-0.1, -0.05) is 25.0 Å². The lowest BCUT2D eigenvalue weighted by atomic mass is 10.1. The van der Waals surface area contributed by atoms with Crippen LogP contribution in [-0.2, 0) is 0 Å². The number of aliphatic hydroxyl groups excluding tert-OH is 1. The summed E-state index contributed by atoms with van der Waals surface area (Å²) >= 11 is 0. The lowest BCUT2D eigenvalue weighted by Crippen LogP contribution is -2.33. The van der Waals surface area contributed by atoms with Crippen LogP contribution in [0.5, 0.6) is 5.75 Å². The number of hydrogen-bond donors (Lipinski definition) is 2. The number of benzene rings is 1. The van der Waals surface area contributed by atoms with Gasteiger partial charge < -0.3 is 15.2 Å². The van der Waals surface area contributed by atoms with E-state index in [1.54, 1.807) is 18.2 Å². The first-order valence-corrected chi connectivity index (χ1v) is 7.30. The molecular weight excluding hydrogens is 252 g/mol. The Hall–Kier alpha value is -1.57. The average Bonchev–Trinajstić information content (AvgIpc) is 2.98. The number of hydrogen-bond acceptors (Lipinski definition) is 4. The minimum atomic E-state index is -0.553. The van der Waals surface area contributed by atoms with Crippen molar-refractivity contribution in [3.05, 3.63) is 29.8 Å². The Morgan fingerprint density at radius 2 is 2.10 bits per heavy atom. The molecule has 1 atom stereocenters. The molecule has 0 amide bonds. The Morgan fingerprint density at radius 1 is 1.35 bits per heavy atom. The number of aliphatic hydroxyl groups is 1. The van der Waals surface area contributed by atoms with Crippen molar-refractivity contribution in [1.82, 2.24) is 5.32 Å². The Balaban J connectivity index is 1.66. The van der Waals surface area contributed by atoms with E-state index in [4.69, 9.17) is 10.00 Å². The lowest BCUT2D eigenvalue weighted by molar-refractivity contribution is 0.105. The molecule has 0 heterocycles. The molecule has 1 fully saturated rings. The summed E-state index contributed by atoms with van der Waals surface area (Å²) in [6.07, 6.45) is 4.72. The quantitative estimate of drug-likeness (QED) is 0.799. The summed E-state index contributed by atoms with van der Waals surface area (Å²) in [6.45, 7) is 1.72. The molecule has 0 bridgehead atoms. The van der Waals surface area contributed by atoms with Crippen molar-refractivity contribution in [2.45, 2.75) is 31.8 Å². The fraction of sp³-hybridized carbons (Fsp3) is 0.562. The maximum absolute atomic E-state index is 9.88. The van der Waals surface area contributed by atoms with E-state index in [-0.39, 0.29) is 6.61 Å². The summed E-state index contributed by atoms with van der Waals surface area (Å²) in [7, 11) is 0. The maximum Gasteiger partial charge on any atom is 0.137 e. The predicted molar refractivity (Wildman–Crippen MR) is 77.5 cm³/mol. The molecule has 1 aromatic carbocycles. The van der Waals surface area contributed by atoms with E-state index < -0.39 is 6.10 Å². The van der Waals surface area contributed by atoms with Crippen LogP contribution in [0.4, 0.5) is 0 Å². The highest BCUT2D eigenvalue weighted by atomic mass is 16.5. The van der Waals surface area contributed by atoms with E-state index in [9.17, 15) is 5.11 Å². The monoisotopic (exact) mass is 274 g/mol. The van der Waals surface area contributed by atoms with E-state index in [1.807, 2.05) is 6.07 Å². The van der Waals surface area contributed by atoms with Crippen molar-refractivity contribution < 1.29 is 9.84 Å². The van der Waals surface area contributed by atoms with Crippen molar-refractivity contribution in [2.24, 2.45) is 5.92 Å². The largest absolute Gasteiger partial charge is 0.489 e. The first kappa shape index (κ1) is 14.8. The summed E-state index contributed by atoms with van der Waals surface area (Å²) in [5.41, 5.74) is 0.499. The van der Waals surface area contributed by atoms with Crippen molar-refractivity contribution in [2.75, 3.05) is 19.7 Å². The van der Waals surface area contributed by atoms with Crippen LogP contribution in [0.3, 0.4) is 0 Å². The second kappa shape index (κ2) is 7.88. The SMILES string of the molecule is N#Cc1ccccc1OCC(O)CNCC1CCCC1. The van der Waals surface area contributed by atoms with Crippen molar-refractivity contribution in [3.8, 4) is 11.8 Å². The highest BCUT2D eigenvalue weighted by Gasteiger charge is 2.15. The molecule has 2 rings (SSSR count). The minimum Gasteiger partial charge on any atom is -0.489 e. The second-order valence-corrected chi connectivity index (χ2v) is 5.38. The number of nitrogens with zero attached hydrogens (tertiary/aromatic N) is 1. The zero-order valence-corrected chi connectivity index (χ0v) is 11.7. The molecule has 1 unspecified atom stereocenters. The summed E-state index contributed by atoms with van der Waals surface area (Å²) in [4.78, 5) is 0. The Bertz CT molecular complexity index is 450.